The molecule has 24 heavy (non-hydrogen) atoms. The Bertz CT molecular complexity index is 737. The Balaban J connectivity index is 2.13. The van der Waals surface area contributed by atoms with Crippen molar-refractivity contribution in [3.63, 3.8) is 0 Å². The van der Waals surface area contributed by atoms with Crippen molar-refractivity contribution in [2.45, 2.75) is 12.6 Å². The van der Waals surface area contributed by atoms with Gasteiger partial charge in [-0.3, -0.25) is 4.90 Å². The summed E-state index contributed by atoms with van der Waals surface area (Å²) in [6.45, 7) is 0.0837. The van der Waals surface area contributed by atoms with Gasteiger partial charge in [0.2, 0.25) is 0 Å². The van der Waals surface area contributed by atoms with Crippen molar-refractivity contribution >= 4 is 43.9 Å². The Morgan fingerprint density at radius 3 is 2.38 bits per heavy atom. The van der Waals surface area contributed by atoms with Crippen molar-refractivity contribution in [3.8, 4) is 0 Å². The van der Waals surface area contributed by atoms with Crippen molar-refractivity contribution in [2.24, 2.45) is 0 Å². The number of carboxylic acid groups (broad SMARTS) is 1. The molecule has 0 aliphatic carbocycles. The van der Waals surface area contributed by atoms with E-state index in [2.05, 4.69) is 31.9 Å². The minimum absolute atomic E-state index is 0.0837. The highest BCUT2D eigenvalue weighted by atomic mass is 79.9. The molecule has 1 amide bonds. The van der Waals surface area contributed by atoms with Crippen LogP contribution in [-0.2, 0) is 16.1 Å². The Morgan fingerprint density at radius 1 is 1.12 bits per heavy atom. The summed E-state index contributed by atoms with van der Waals surface area (Å²) in [5.74, 6) is -1.14. The van der Waals surface area contributed by atoms with Crippen LogP contribution in [-0.4, -0.2) is 29.1 Å². The van der Waals surface area contributed by atoms with Crippen LogP contribution in [0.5, 0.6) is 0 Å². The summed E-state index contributed by atoms with van der Waals surface area (Å²) in [6, 6.07) is 13.1. The van der Waals surface area contributed by atoms with Crippen LogP contribution in [0.2, 0.25) is 0 Å². The lowest BCUT2D eigenvalue weighted by Crippen LogP contribution is -2.36. The van der Waals surface area contributed by atoms with Crippen LogP contribution >= 0.6 is 31.9 Å². The number of hydrogen-bond donors (Lipinski definition) is 1. The third-order valence-corrected chi connectivity index (χ3v) is 5.25. The lowest BCUT2D eigenvalue weighted by Gasteiger charge is -2.24. The van der Waals surface area contributed by atoms with E-state index in [-0.39, 0.29) is 6.61 Å². The standard InChI is InChI=1S/C17H15Br2NO4/c1-20(17(23)24-10-11-5-3-2-4-6-11)15(16(21)22)12-7-8-13(18)14(19)9-12/h2-9,15H,10H2,1H3,(H,21,22). The molecular weight excluding hydrogens is 442 g/mol. The first-order valence-corrected chi connectivity index (χ1v) is 8.60. The Morgan fingerprint density at radius 2 is 1.79 bits per heavy atom. The molecule has 0 heterocycles. The zero-order valence-electron chi connectivity index (χ0n) is 12.8. The van der Waals surface area contributed by atoms with Crippen molar-refractivity contribution in [1.82, 2.24) is 4.90 Å². The third-order valence-electron chi connectivity index (χ3n) is 3.37. The first kappa shape index (κ1) is 18.5. The number of ether oxygens (including phenoxy) is 1. The Hall–Kier alpha value is -1.86. The number of carbonyl (C=O) groups is 2. The van der Waals surface area contributed by atoms with E-state index in [1.807, 2.05) is 30.3 Å². The molecule has 1 unspecified atom stereocenters. The van der Waals surface area contributed by atoms with E-state index in [1.165, 1.54) is 7.05 Å². The van der Waals surface area contributed by atoms with Crippen LogP contribution in [0, 0.1) is 0 Å². The molecule has 1 atom stereocenters. The highest BCUT2D eigenvalue weighted by Crippen LogP contribution is 2.29. The number of likely N-dealkylation sites (N-methyl/N-ethyl adjacent to an activating group) is 1. The number of aliphatic carboxylic acids is 1. The number of rotatable bonds is 5. The molecule has 2 aromatic carbocycles. The smallest absolute Gasteiger partial charge is 0.410 e. The fraction of sp³-hybridized carbons (Fsp3) is 0.176. The summed E-state index contributed by atoms with van der Waals surface area (Å²) in [6.07, 6.45) is -0.703. The van der Waals surface area contributed by atoms with E-state index in [0.717, 1.165) is 14.9 Å². The lowest BCUT2D eigenvalue weighted by atomic mass is 10.1. The van der Waals surface area contributed by atoms with E-state index in [4.69, 9.17) is 4.74 Å². The quantitative estimate of drug-likeness (QED) is 0.713. The molecule has 5 nitrogen and oxygen atoms in total. The number of carboxylic acids is 1. The van der Waals surface area contributed by atoms with E-state index < -0.39 is 18.1 Å². The summed E-state index contributed by atoms with van der Waals surface area (Å²) in [4.78, 5) is 24.9. The summed E-state index contributed by atoms with van der Waals surface area (Å²) < 4.78 is 6.70. The van der Waals surface area contributed by atoms with E-state index in [1.54, 1.807) is 18.2 Å². The number of nitrogens with zero attached hydrogens (tertiary/aromatic N) is 1. The van der Waals surface area contributed by atoms with Gasteiger partial charge in [-0.25, -0.2) is 9.59 Å². The summed E-state index contributed by atoms with van der Waals surface area (Å²) in [5.41, 5.74) is 1.30. The molecule has 2 aromatic rings. The molecule has 0 saturated carbocycles. The number of hydrogen-bond acceptors (Lipinski definition) is 3. The fourth-order valence-electron chi connectivity index (χ4n) is 2.14. The van der Waals surface area contributed by atoms with Gasteiger partial charge in [0.25, 0.3) is 0 Å². The fourth-order valence-corrected chi connectivity index (χ4v) is 2.78. The average Bonchev–Trinajstić information content (AvgIpc) is 2.56. The summed E-state index contributed by atoms with van der Waals surface area (Å²) >= 11 is 6.67. The molecule has 2 rings (SSSR count). The normalized spacial score (nSPS) is 11.6. The van der Waals surface area contributed by atoms with Crippen LogP contribution < -0.4 is 0 Å². The molecule has 0 radical (unpaired) electrons. The summed E-state index contributed by atoms with van der Waals surface area (Å²) in [7, 11) is 1.40. The van der Waals surface area contributed by atoms with Crippen molar-refractivity contribution < 1.29 is 19.4 Å². The maximum atomic E-state index is 12.2. The number of benzene rings is 2. The van der Waals surface area contributed by atoms with Gasteiger partial charge >= 0.3 is 12.1 Å². The number of carbonyl (C=O) groups excluding carboxylic acids is 1. The molecule has 126 valence electrons. The third kappa shape index (κ3) is 4.58. The highest BCUT2D eigenvalue weighted by molar-refractivity contribution is 9.13. The van der Waals surface area contributed by atoms with Gasteiger partial charge in [-0.1, -0.05) is 36.4 Å². The molecular formula is C17H15Br2NO4. The zero-order valence-corrected chi connectivity index (χ0v) is 16.0. The van der Waals surface area contributed by atoms with Gasteiger partial charge in [-0.15, -0.1) is 0 Å². The lowest BCUT2D eigenvalue weighted by molar-refractivity contribution is -0.142. The monoisotopic (exact) mass is 455 g/mol. The molecule has 0 fully saturated rings. The molecule has 7 heteroatoms. The maximum absolute atomic E-state index is 12.2. The van der Waals surface area contributed by atoms with Gasteiger partial charge in [0.05, 0.1) is 0 Å². The predicted molar refractivity (Wildman–Crippen MR) is 96.6 cm³/mol. The average molecular weight is 457 g/mol. The van der Waals surface area contributed by atoms with Crippen molar-refractivity contribution in [1.29, 1.82) is 0 Å². The van der Waals surface area contributed by atoms with Crippen LogP contribution in [0.15, 0.2) is 57.5 Å². The minimum Gasteiger partial charge on any atom is -0.479 e. The Labute approximate surface area is 156 Å². The highest BCUT2D eigenvalue weighted by Gasteiger charge is 2.29. The summed E-state index contributed by atoms with van der Waals surface area (Å²) in [5, 5.41) is 9.51. The number of halogens is 2. The topological polar surface area (TPSA) is 66.8 Å². The second-order valence-electron chi connectivity index (χ2n) is 5.07. The van der Waals surface area contributed by atoms with Gasteiger partial charge in [-0.05, 0) is 55.1 Å². The van der Waals surface area contributed by atoms with Gasteiger partial charge in [-0.2, -0.15) is 0 Å². The predicted octanol–water partition coefficient (Wildman–Crippen LogP) is 4.61. The van der Waals surface area contributed by atoms with Crippen molar-refractivity contribution in [3.05, 3.63) is 68.6 Å². The van der Waals surface area contributed by atoms with Crippen LogP contribution in [0.3, 0.4) is 0 Å². The second-order valence-corrected chi connectivity index (χ2v) is 6.77. The minimum atomic E-state index is -1.14. The van der Waals surface area contributed by atoms with Crippen LogP contribution in [0.25, 0.3) is 0 Å². The molecule has 0 bridgehead atoms. The Kier molecular flexibility index (Phi) is 6.39. The van der Waals surface area contributed by atoms with Gasteiger partial charge in [0.15, 0.2) is 6.04 Å². The van der Waals surface area contributed by atoms with E-state index >= 15 is 0 Å². The van der Waals surface area contributed by atoms with Crippen LogP contribution in [0.1, 0.15) is 17.2 Å². The molecule has 0 saturated heterocycles. The maximum Gasteiger partial charge on any atom is 0.410 e. The van der Waals surface area contributed by atoms with Gasteiger partial charge in [0, 0.05) is 16.0 Å². The van der Waals surface area contributed by atoms with Gasteiger partial charge in [0.1, 0.15) is 6.61 Å². The number of amides is 1. The molecule has 0 aliphatic rings. The zero-order chi connectivity index (χ0) is 17.7. The molecule has 1 N–H and O–H groups in total. The molecule has 0 aromatic heterocycles. The molecule has 0 aliphatic heterocycles. The van der Waals surface area contributed by atoms with Crippen LogP contribution in [0.4, 0.5) is 4.79 Å². The van der Waals surface area contributed by atoms with Crippen molar-refractivity contribution in [2.75, 3.05) is 7.05 Å². The molecule has 0 spiro atoms. The first-order chi connectivity index (χ1) is 11.4. The van der Waals surface area contributed by atoms with E-state index in [9.17, 15) is 14.7 Å². The second kappa shape index (κ2) is 8.30. The van der Waals surface area contributed by atoms with Gasteiger partial charge < -0.3 is 9.84 Å². The first-order valence-electron chi connectivity index (χ1n) is 7.01. The van der Waals surface area contributed by atoms with E-state index in [0.29, 0.717) is 10.0 Å². The largest absolute Gasteiger partial charge is 0.479 e. The SMILES string of the molecule is CN(C(=O)OCc1ccccc1)C(C(=O)O)c1ccc(Br)c(Br)c1.